The quantitative estimate of drug-likeness (QED) is 0.491. The summed E-state index contributed by atoms with van der Waals surface area (Å²) in [5.74, 6) is -1.11. The molecule has 102 valence electrons. The van der Waals surface area contributed by atoms with Gasteiger partial charge < -0.3 is 9.47 Å². The molecule has 2 aliphatic heterocycles. The van der Waals surface area contributed by atoms with E-state index in [0.29, 0.717) is 0 Å². The minimum Gasteiger partial charge on any atom is -0.432 e. The standard InChI is InChI=1S/C13H20O5/c1-8-9-6-4-5-7-13(9)11(15-10(8)14)16-12(2,3)17-18-13/h8-9,11H,4-7H2,1-3H3/t8?,9-,11?,13+/m0/s1. The second-order valence-corrected chi connectivity index (χ2v) is 6.05. The van der Waals surface area contributed by atoms with Gasteiger partial charge in [-0.2, -0.15) is 0 Å². The van der Waals surface area contributed by atoms with Crippen molar-refractivity contribution in [2.75, 3.05) is 0 Å². The zero-order valence-corrected chi connectivity index (χ0v) is 11.1. The predicted octanol–water partition coefficient (Wildman–Crippen LogP) is 2.15. The molecule has 2 unspecified atom stereocenters. The topological polar surface area (TPSA) is 54.0 Å². The van der Waals surface area contributed by atoms with Crippen molar-refractivity contribution in [3.63, 3.8) is 0 Å². The number of ether oxygens (including phenoxy) is 2. The summed E-state index contributed by atoms with van der Waals surface area (Å²) in [6.45, 7) is 5.41. The molecule has 18 heavy (non-hydrogen) atoms. The van der Waals surface area contributed by atoms with Gasteiger partial charge in [0.15, 0.2) is 11.4 Å². The molecule has 5 nitrogen and oxygen atoms in total. The summed E-state index contributed by atoms with van der Waals surface area (Å²) in [6, 6.07) is 0. The lowest BCUT2D eigenvalue weighted by molar-refractivity contribution is -0.556. The number of esters is 1. The molecule has 0 amide bonds. The minimum atomic E-state index is -0.876. The van der Waals surface area contributed by atoms with Crippen LogP contribution in [-0.4, -0.2) is 23.6 Å². The smallest absolute Gasteiger partial charge is 0.311 e. The number of rotatable bonds is 0. The van der Waals surface area contributed by atoms with Gasteiger partial charge in [0.2, 0.25) is 6.29 Å². The molecular formula is C13H20O5. The van der Waals surface area contributed by atoms with Gasteiger partial charge in [-0.25, -0.2) is 9.78 Å². The molecule has 0 radical (unpaired) electrons. The van der Waals surface area contributed by atoms with Crippen molar-refractivity contribution < 1.29 is 24.0 Å². The van der Waals surface area contributed by atoms with Gasteiger partial charge in [0.05, 0.1) is 5.92 Å². The summed E-state index contributed by atoms with van der Waals surface area (Å²) < 4.78 is 11.2. The summed E-state index contributed by atoms with van der Waals surface area (Å²) >= 11 is 0. The normalized spacial score (nSPS) is 46.8. The molecule has 0 bridgehead atoms. The molecule has 1 spiro atoms. The van der Waals surface area contributed by atoms with E-state index in [1.165, 1.54) is 0 Å². The molecule has 3 aliphatic rings. The second-order valence-electron chi connectivity index (χ2n) is 6.05. The Kier molecular flexibility index (Phi) is 2.70. The molecule has 4 atom stereocenters. The van der Waals surface area contributed by atoms with Gasteiger partial charge in [0.25, 0.3) is 0 Å². The number of carbonyl (C=O) groups excluding carboxylic acids is 1. The third-order valence-corrected chi connectivity index (χ3v) is 4.35. The van der Waals surface area contributed by atoms with Crippen molar-refractivity contribution in [2.45, 2.75) is 64.1 Å². The van der Waals surface area contributed by atoms with Gasteiger partial charge in [-0.05, 0) is 26.7 Å². The molecule has 5 heteroatoms. The molecule has 3 fully saturated rings. The largest absolute Gasteiger partial charge is 0.432 e. The zero-order valence-electron chi connectivity index (χ0n) is 11.1. The Bertz CT molecular complexity index is 366. The van der Waals surface area contributed by atoms with Crippen LogP contribution in [0.25, 0.3) is 0 Å². The monoisotopic (exact) mass is 256 g/mol. The molecular weight excluding hydrogens is 236 g/mol. The van der Waals surface area contributed by atoms with Crippen molar-refractivity contribution in [2.24, 2.45) is 11.8 Å². The van der Waals surface area contributed by atoms with E-state index in [2.05, 4.69) is 0 Å². The van der Waals surface area contributed by atoms with E-state index in [1.54, 1.807) is 13.8 Å². The van der Waals surface area contributed by atoms with Gasteiger partial charge in [-0.1, -0.05) is 19.8 Å². The summed E-state index contributed by atoms with van der Waals surface area (Å²) in [5.41, 5.74) is -0.610. The van der Waals surface area contributed by atoms with E-state index in [-0.39, 0.29) is 17.8 Å². The fraction of sp³-hybridized carbons (Fsp3) is 0.923. The maximum absolute atomic E-state index is 11.9. The Morgan fingerprint density at radius 2 is 2.00 bits per heavy atom. The van der Waals surface area contributed by atoms with Crippen LogP contribution in [0.3, 0.4) is 0 Å². The maximum Gasteiger partial charge on any atom is 0.311 e. The zero-order chi connectivity index (χ0) is 13.0. The maximum atomic E-state index is 11.9. The van der Waals surface area contributed by atoms with Crippen LogP contribution < -0.4 is 0 Å². The summed E-state index contributed by atoms with van der Waals surface area (Å²) in [4.78, 5) is 23.0. The lowest BCUT2D eigenvalue weighted by Gasteiger charge is -2.55. The highest BCUT2D eigenvalue weighted by molar-refractivity contribution is 5.74. The Hall–Kier alpha value is -0.650. The summed E-state index contributed by atoms with van der Waals surface area (Å²) in [5, 5.41) is 0. The van der Waals surface area contributed by atoms with E-state index < -0.39 is 17.7 Å². The van der Waals surface area contributed by atoms with Gasteiger partial charge in [0.1, 0.15) is 0 Å². The predicted molar refractivity (Wildman–Crippen MR) is 61.1 cm³/mol. The van der Waals surface area contributed by atoms with Gasteiger partial charge >= 0.3 is 5.97 Å². The van der Waals surface area contributed by atoms with Gasteiger partial charge in [-0.3, -0.25) is 4.79 Å². The first-order chi connectivity index (χ1) is 8.45. The van der Waals surface area contributed by atoms with Crippen LogP contribution in [0.15, 0.2) is 0 Å². The Labute approximate surface area is 107 Å². The van der Waals surface area contributed by atoms with E-state index in [9.17, 15) is 4.79 Å². The lowest BCUT2D eigenvalue weighted by atomic mass is 9.67. The van der Waals surface area contributed by atoms with Gasteiger partial charge in [-0.15, -0.1) is 0 Å². The summed E-state index contributed by atoms with van der Waals surface area (Å²) in [6.07, 6.45) is 3.29. The molecule has 0 N–H and O–H groups in total. The second kappa shape index (κ2) is 3.92. The third-order valence-electron chi connectivity index (χ3n) is 4.35. The summed E-state index contributed by atoms with van der Waals surface area (Å²) in [7, 11) is 0. The van der Waals surface area contributed by atoms with Crippen LogP contribution in [-0.2, 0) is 24.0 Å². The van der Waals surface area contributed by atoms with E-state index in [1.807, 2.05) is 6.92 Å². The van der Waals surface area contributed by atoms with Gasteiger partial charge in [0, 0.05) is 5.92 Å². The Morgan fingerprint density at radius 3 is 2.78 bits per heavy atom. The highest BCUT2D eigenvalue weighted by Crippen LogP contribution is 2.51. The van der Waals surface area contributed by atoms with Crippen LogP contribution in [0.5, 0.6) is 0 Å². The molecule has 1 saturated carbocycles. The molecule has 2 saturated heterocycles. The molecule has 0 aromatic carbocycles. The fourth-order valence-corrected chi connectivity index (χ4v) is 3.36. The highest BCUT2D eigenvalue weighted by atomic mass is 17.3. The van der Waals surface area contributed by atoms with Crippen molar-refractivity contribution >= 4 is 5.97 Å². The molecule has 3 rings (SSSR count). The minimum absolute atomic E-state index is 0.119. The van der Waals surface area contributed by atoms with Crippen molar-refractivity contribution in [3.05, 3.63) is 0 Å². The lowest BCUT2D eigenvalue weighted by Crippen LogP contribution is -2.66. The van der Waals surface area contributed by atoms with Crippen molar-refractivity contribution in [3.8, 4) is 0 Å². The third kappa shape index (κ3) is 1.68. The van der Waals surface area contributed by atoms with Crippen molar-refractivity contribution in [1.82, 2.24) is 0 Å². The van der Waals surface area contributed by atoms with Crippen LogP contribution in [0.4, 0.5) is 0 Å². The average Bonchev–Trinajstić information content (AvgIpc) is 2.32. The average molecular weight is 256 g/mol. The number of hydrogen-bond acceptors (Lipinski definition) is 5. The van der Waals surface area contributed by atoms with E-state index in [0.717, 1.165) is 25.7 Å². The first-order valence-corrected chi connectivity index (χ1v) is 6.70. The first-order valence-electron chi connectivity index (χ1n) is 6.70. The Morgan fingerprint density at radius 1 is 1.22 bits per heavy atom. The molecule has 0 aromatic rings. The van der Waals surface area contributed by atoms with Crippen LogP contribution >= 0.6 is 0 Å². The van der Waals surface area contributed by atoms with E-state index >= 15 is 0 Å². The Balaban J connectivity index is 1.94. The molecule has 0 aromatic heterocycles. The SMILES string of the molecule is CC1C(=O)OC2OC(C)(C)OO[C@@]23CCCC[C@@H]13. The molecule has 1 aliphatic carbocycles. The van der Waals surface area contributed by atoms with Crippen molar-refractivity contribution in [1.29, 1.82) is 0 Å². The fourth-order valence-electron chi connectivity index (χ4n) is 3.36. The first kappa shape index (κ1) is 12.4. The van der Waals surface area contributed by atoms with Crippen LogP contribution in [0.1, 0.15) is 46.5 Å². The number of hydrogen-bond donors (Lipinski definition) is 0. The van der Waals surface area contributed by atoms with Crippen LogP contribution in [0.2, 0.25) is 0 Å². The number of carbonyl (C=O) groups is 1. The van der Waals surface area contributed by atoms with E-state index in [4.69, 9.17) is 19.2 Å². The highest BCUT2D eigenvalue weighted by Gasteiger charge is 2.62. The molecule has 2 heterocycles. The van der Waals surface area contributed by atoms with Crippen LogP contribution in [0, 0.1) is 11.8 Å².